The predicted octanol–water partition coefficient (Wildman–Crippen LogP) is 3.53. The minimum Gasteiger partial charge on any atom is -0.484 e. The summed E-state index contributed by atoms with van der Waals surface area (Å²) in [5, 5.41) is 3.47. The van der Waals surface area contributed by atoms with Crippen LogP contribution >= 0.6 is 11.6 Å². The molecular weight excluding hydrogens is 383 g/mol. The number of ether oxygens (including phenoxy) is 1. The number of hydrogen-bond donors (Lipinski definition) is 1. The van der Waals surface area contributed by atoms with Crippen LogP contribution in [0.4, 0.5) is 4.39 Å². The Hall–Kier alpha value is -2.60. The Balaban J connectivity index is 1.38. The molecule has 5 nitrogen and oxygen atoms in total. The van der Waals surface area contributed by atoms with Gasteiger partial charge in [-0.15, -0.1) is 0 Å². The molecule has 0 radical (unpaired) electrons. The molecule has 0 aliphatic carbocycles. The van der Waals surface area contributed by atoms with Gasteiger partial charge < -0.3 is 15.0 Å². The molecule has 1 heterocycles. The predicted molar refractivity (Wildman–Crippen MR) is 105 cm³/mol. The van der Waals surface area contributed by atoms with Gasteiger partial charge >= 0.3 is 0 Å². The first-order chi connectivity index (χ1) is 13.5. The number of hydrogen-bond acceptors (Lipinski definition) is 3. The molecule has 1 saturated heterocycles. The van der Waals surface area contributed by atoms with Gasteiger partial charge in [-0.05, 0) is 55.2 Å². The minimum absolute atomic E-state index is 0.0632. The van der Waals surface area contributed by atoms with Crippen molar-refractivity contribution in [1.29, 1.82) is 0 Å². The average Bonchev–Trinajstić information content (AvgIpc) is 2.72. The highest BCUT2D eigenvalue weighted by atomic mass is 35.5. The van der Waals surface area contributed by atoms with Gasteiger partial charge in [0.05, 0.1) is 5.56 Å². The van der Waals surface area contributed by atoms with Crippen LogP contribution in [0.15, 0.2) is 48.5 Å². The standard InChI is InChI=1S/C21H22ClFN2O3/c22-16-5-7-17(8-6-16)28-14-20(26)24-13-15-9-11-25(12-10-15)21(27)18-3-1-2-4-19(18)23/h1-8,15H,9-14H2,(H,24,26). The van der Waals surface area contributed by atoms with Gasteiger partial charge in [0, 0.05) is 24.7 Å². The lowest BCUT2D eigenvalue weighted by Gasteiger charge is -2.32. The first-order valence-corrected chi connectivity index (χ1v) is 9.59. The van der Waals surface area contributed by atoms with Gasteiger partial charge in [-0.25, -0.2) is 4.39 Å². The summed E-state index contributed by atoms with van der Waals surface area (Å²) < 4.78 is 19.2. The maximum Gasteiger partial charge on any atom is 0.257 e. The normalized spacial score (nSPS) is 14.6. The molecule has 2 aromatic rings. The molecule has 28 heavy (non-hydrogen) atoms. The number of piperidine rings is 1. The monoisotopic (exact) mass is 404 g/mol. The Morgan fingerprint density at radius 1 is 1.11 bits per heavy atom. The SMILES string of the molecule is O=C(COc1ccc(Cl)cc1)NCC1CCN(C(=O)c2ccccc2F)CC1. The third-order valence-electron chi connectivity index (χ3n) is 4.78. The van der Waals surface area contributed by atoms with Crippen LogP contribution < -0.4 is 10.1 Å². The van der Waals surface area contributed by atoms with Crippen molar-refractivity contribution < 1.29 is 18.7 Å². The fourth-order valence-electron chi connectivity index (χ4n) is 3.13. The molecule has 1 N–H and O–H groups in total. The van der Waals surface area contributed by atoms with Gasteiger partial charge in [-0.2, -0.15) is 0 Å². The maximum atomic E-state index is 13.8. The smallest absolute Gasteiger partial charge is 0.257 e. The van der Waals surface area contributed by atoms with E-state index in [-0.39, 0.29) is 29.9 Å². The van der Waals surface area contributed by atoms with E-state index in [1.165, 1.54) is 12.1 Å². The van der Waals surface area contributed by atoms with Crippen molar-refractivity contribution >= 4 is 23.4 Å². The Kier molecular flexibility index (Phi) is 6.87. The van der Waals surface area contributed by atoms with Crippen LogP contribution in [0.25, 0.3) is 0 Å². The summed E-state index contributed by atoms with van der Waals surface area (Å²) in [5.74, 6) is -0.108. The third-order valence-corrected chi connectivity index (χ3v) is 5.03. The van der Waals surface area contributed by atoms with Gasteiger partial charge in [-0.3, -0.25) is 9.59 Å². The van der Waals surface area contributed by atoms with E-state index in [0.717, 1.165) is 12.8 Å². The van der Waals surface area contributed by atoms with Crippen molar-refractivity contribution in [1.82, 2.24) is 10.2 Å². The lowest BCUT2D eigenvalue weighted by molar-refractivity contribution is -0.123. The Labute approximate surface area is 168 Å². The number of carbonyl (C=O) groups excluding carboxylic acids is 2. The van der Waals surface area contributed by atoms with E-state index in [0.29, 0.717) is 30.4 Å². The van der Waals surface area contributed by atoms with Crippen molar-refractivity contribution in [3.8, 4) is 5.75 Å². The molecule has 0 spiro atoms. The highest BCUT2D eigenvalue weighted by Crippen LogP contribution is 2.20. The van der Waals surface area contributed by atoms with Crippen LogP contribution in [0.5, 0.6) is 5.75 Å². The van der Waals surface area contributed by atoms with E-state index in [2.05, 4.69) is 5.32 Å². The van der Waals surface area contributed by atoms with Gasteiger partial charge in [0.1, 0.15) is 11.6 Å². The Morgan fingerprint density at radius 2 is 1.79 bits per heavy atom. The molecule has 2 aromatic carbocycles. The Morgan fingerprint density at radius 3 is 2.46 bits per heavy atom. The zero-order chi connectivity index (χ0) is 19.9. The summed E-state index contributed by atoms with van der Waals surface area (Å²) in [4.78, 5) is 26.0. The molecule has 1 aliphatic rings. The molecule has 7 heteroatoms. The average molecular weight is 405 g/mol. The second-order valence-electron chi connectivity index (χ2n) is 6.76. The van der Waals surface area contributed by atoms with E-state index in [4.69, 9.17) is 16.3 Å². The maximum absolute atomic E-state index is 13.8. The topological polar surface area (TPSA) is 58.6 Å². The van der Waals surface area contributed by atoms with Crippen molar-refractivity contribution in [2.45, 2.75) is 12.8 Å². The van der Waals surface area contributed by atoms with Gasteiger partial charge in [0.15, 0.2) is 6.61 Å². The summed E-state index contributed by atoms with van der Waals surface area (Å²) in [6.45, 7) is 1.57. The second kappa shape index (κ2) is 9.55. The molecule has 1 aliphatic heterocycles. The van der Waals surface area contributed by atoms with Crippen LogP contribution in [0.3, 0.4) is 0 Å². The fraction of sp³-hybridized carbons (Fsp3) is 0.333. The van der Waals surface area contributed by atoms with Gasteiger partial charge in [0.2, 0.25) is 0 Å². The number of benzene rings is 2. The zero-order valence-electron chi connectivity index (χ0n) is 15.4. The summed E-state index contributed by atoms with van der Waals surface area (Å²) in [5.41, 5.74) is 0.105. The summed E-state index contributed by atoms with van der Waals surface area (Å²) in [7, 11) is 0. The van der Waals surface area contributed by atoms with E-state index in [1.807, 2.05) is 0 Å². The molecule has 2 amide bonds. The fourth-order valence-corrected chi connectivity index (χ4v) is 3.26. The van der Waals surface area contributed by atoms with Crippen molar-refractivity contribution in [3.05, 3.63) is 64.9 Å². The van der Waals surface area contributed by atoms with Crippen LogP contribution in [0, 0.1) is 11.7 Å². The van der Waals surface area contributed by atoms with Gasteiger partial charge in [0.25, 0.3) is 11.8 Å². The van der Waals surface area contributed by atoms with Crippen molar-refractivity contribution in [3.63, 3.8) is 0 Å². The first-order valence-electron chi connectivity index (χ1n) is 9.22. The molecule has 148 valence electrons. The molecule has 0 aromatic heterocycles. The molecule has 0 saturated carbocycles. The summed E-state index contributed by atoms with van der Waals surface area (Å²) in [6, 6.07) is 12.8. The minimum atomic E-state index is -0.498. The molecular formula is C21H22ClFN2O3. The van der Waals surface area contributed by atoms with Crippen molar-refractivity contribution in [2.24, 2.45) is 5.92 Å². The van der Waals surface area contributed by atoms with E-state index < -0.39 is 5.82 Å². The highest BCUT2D eigenvalue weighted by Gasteiger charge is 2.25. The molecule has 3 rings (SSSR count). The number of halogens is 2. The third kappa shape index (κ3) is 5.45. The molecule has 0 unspecified atom stereocenters. The number of carbonyl (C=O) groups is 2. The number of likely N-dealkylation sites (tertiary alicyclic amines) is 1. The largest absolute Gasteiger partial charge is 0.484 e. The van der Waals surface area contributed by atoms with Crippen LogP contribution in [-0.2, 0) is 4.79 Å². The van der Waals surface area contributed by atoms with E-state index in [9.17, 15) is 14.0 Å². The number of nitrogens with one attached hydrogen (secondary N) is 1. The number of nitrogens with zero attached hydrogens (tertiary/aromatic N) is 1. The lowest BCUT2D eigenvalue weighted by atomic mass is 9.96. The van der Waals surface area contributed by atoms with Crippen LogP contribution in [0.1, 0.15) is 23.2 Å². The molecule has 0 atom stereocenters. The number of rotatable bonds is 6. The van der Waals surface area contributed by atoms with Crippen molar-refractivity contribution in [2.75, 3.05) is 26.2 Å². The molecule has 1 fully saturated rings. The Bertz CT molecular complexity index is 821. The zero-order valence-corrected chi connectivity index (χ0v) is 16.1. The van der Waals surface area contributed by atoms with E-state index >= 15 is 0 Å². The van der Waals surface area contributed by atoms with Crippen LogP contribution in [0.2, 0.25) is 5.02 Å². The number of amides is 2. The molecule has 0 bridgehead atoms. The van der Waals surface area contributed by atoms with Crippen LogP contribution in [-0.4, -0.2) is 43.0 Å². The van der Waals surface area contributed by atoms with E-state index in [1.54, 1.807) is 41.3 Å². The summed E-state index contributed by atoms with van der Waals surface area (Å²) in [6.07, 6.45) is 1.52. The quantitative estimate of drug-likeness (QED) is 0.801. The first kappa shape index (κ1) is 20.1. The highest BCUT2D eigenvalue weighted by molar-refractivity contribution is 6.30. The summed E-state index contributed by atoms with van der Waals surface area (Å²) >= 11 is 5.80. The lowest BCUT2D eigenvalue weighted by Crippen LogP contribution is -2.42. The van der Waals surface area contributed by atoms with Gasteiger partial charge in [-0.1, -0.05) is 23.7 Å². The second-order valence-corrected chi connectivity index (χ2v) is 7.20.